The van der Waals surface area contributed by atoms with Gasteiger partial charge in [0, 0.05) is 18.2 Å². The quantitative estimate of drug-likeness (QED) is 0.772. The highest BCUT2D eigenvalue weighted by Crippen LogP contribution is 2.27. The molecule has 5 heteroatoms. The second-order valence-electron chi connectivity index (χ2n) is 4.09. The molecular weight excluding hydrogens is 249 g/mol. The number of carbonyl (C=O) groups is 1. The Bertz CT molecular complexity index is 423. The topological polar surface area (TPSA) is 47.6 Å². The molecule has 0 amide bonds. The summed E-state index contributed by atoms with van der Waals surface area (Å²) < 4.78 is 23.7. The van der Waals surface area contributed by atoms with Crippen LogP contribution in [0.3, 0.4) is 0 Å². The molecule has 0 bridgehead atoms. The molecule has 0 aliphatic carbocycles. The molecule has 106 valence electrons. The summed E-state index contributed by atoms with van der Waals surface area (Å²) in [6.07, 6.45) is 0.259. The van der Waals surface area contributed by atoms with Crippen molar-refractivity contribution in [3.63, 3.8) is 0 Å². The van der Waals surface area contributed by atoms with Gasteiger partial charge >= 0.3 is 5.97 Å². The minimum absolute atomic E-state index is 0.245. The van der Waals surface area contributed by atoms with Crippen LogP contribution in [0.4, 0.5) is 4.39 Å². The summed E-state index contributed by atoms with van der Waals surface area (Å²) >= 11 is 0. The maximum absolute atomic E-state index is 13.8. The van der Waals surface area contributed by atoms with Gasteiger partial charge in [-0.05, 0) is 26.0 Å². The van der Waals surface area contributed by atoms with Crippen molar-refractivity contribution >= 4 is 5.97 Å². The normalized spacial score (nSPS) is 12.0. The Morgan fingerprint density at radius 3 is 2.84 bits per heavy atom. The fraction of sp³-hybridized carbons (Fsp3) is 0.500. The maximum Gasteiger partial charge on any atom is 0.307 e. The van der Waals surface area contributed by atoms with Crippen LogP contribution in [-0.2, 0) is 9.53 Å². The predicted molar refractivity (Wildman–Crippen MR) is 70.6 cm³/mol. The van der Waals surface area contributed by atoms with Crippen molar-refractivity contribution in [2.24, 2.45) is 0 Å². The van der Waals surface area contributed by atoms with E-state index < -0.39 is 0 Å². The fourth-order valence-electron chi connectivity index (χ4n) is 1.84. The molecule has 1 aromatic rings. The number of esters is 1. The first kappa shape index (κ1) is 15.4. The molecule has 0 radical (unpaired) electrons. The number of carbonyl (C=O) groups excluding carboxylic acids is 1. The summed E-state index contributed by atoms with van der Waals surface area (Å²) in [4.78, 5) is 11.2. The highest BCUT2D eigenvalue weighted by molar-refractivity contribution is 5.69. The molecule has 1 rings (SSSR count). The molecule has 0 spiro atoms. The van der Waals surface area contributed by atoms with E-state index in [4.69, 9.17) is 9.47 Å². The van der Waals surface area contributed by atoms with E-state index in [0.717, 1.165) is 0 Å². The first-order valence-electron chi connectivity index (χ1n) is 6.31. The zero-order chi connectivity index (χ0) is 14.3. The number of hydrogen-bond donors (Lipinski definition) is 1. The first-order chi connectivity index (χ1) is 9.10. The third-order valence-electron chi connectivity index (χ3n) is 2.75. The van der Waals surface area contributed by atoms with Gasteiger partial charge in [0.1, 0.15) is 11.6 Å². The second kappa shape index (κ2) is 7.74. The molecule has 0 saturated carbocycles. The summed E-state index contributed by atoms with van der Waals surface area (Å²) in [7, 11) is 1.50. The molecular formula is C14H20FNO3. The third-order valence-corrected chi connectivity index (χ3v) is 2.75. The fourth-order valence-corrected chi connectivity index (χ4v) is 1.84. The largest absolute Gasteiger partial charge is 0.496 e. The second-order valence-corrected chi connectivity index (χ2v) is 4.09. The van der Waals surface area contributed by atoms with Crippen molar-refractivity contribution in [3.8, 4) is 5.75 Å². The van der Waals surface area contributed by atoms with Crippen LogP contribution in [0, 0.1) is 5.82 Å². The van der Waals surface area contributed by atoms with Crippen molar-refractivity contribution in [1.82, 2.24) is 5.32 Å². The van der Waals surface area contributed by atoms with Crippen molar-refractivity contribution in [3.05, 3.63) is 29.6 Å². The van der Waals surface area contributed by atoms with Gasteiger partial charge in [0.05, 0.1) is 20.1 Å². The van der Waals surface area contributed by atoms with E-state index in [1.54, 1.807) is 19.1 Å². The van der Waals surface area contributed by atoms with Gasteiger partial charge in [-0.3, -0.25) is 4.79 Å². The van der Waals surface area contributed by atoms with Crippen molar-refractivity contribution < 1.29 is 18.7 Å². The molecule has 1 N–H and O–H groups in total. The van der Waals surface area contributed by atoms with Gasteiger partial charge in [-0.1, -0.05) is 6.07 Å². The summed E-state index contributed by atoms with van der Waals surface area (Å²) in [6, 6.07) is 4.46. The average molecular weight is 269 g/mol. The molecule has 0 aromatic heterocycles. The van der Waals surface area contributed by atoms with Crippen molar-refractivity contribution in [2.75, 3.05) is 20.3 Å². The van der Waals surface area contributed by atoms with E-state index in [-0.39, 0.29) is 24.2 Å². The lowest BCUT2D eigenvalue weighted by Crippen LogP contribution is -2.24. The van der Waals surface area contributed by atoms with Gasteiger partial charge < -0.3 is 14.8 Å². The lowest BCUT2D eigenvalue weighted by Gasteiger charge is -2.17. The maximum atomic E-state index is 13.8. The van der Waals surface area contributed by atoms with E-state index in [9.17, 15) is 9.18 Å². The molecule has 0 aliphatic rings. The zero-order valence-electron chi connectivity index (χ0n) is 11.5. The predicted octanol–water partition coefficient (Wildman–Crippen LogP) is 2.44. The van der Waals surface area contributed by atoms with Crippen LogP contribution in [0.1, 0.15) is 31.9 Å². The number of hydrogen-bond acceptors (Lipinski definition) is 4. The van der Waals surface area contributed by atoms with Crippen LogP contribution in [0.15, 0.2) is 18.2 Å². The lowest BCUT2D eigenvalue weighted by atomic mass is 10.1. The molecule has 1 unspecified atom stereocenters. The molecule has 1 aromatic carbocycles. The molecule has 0 aliphatic heterocycles. The Hall–Kier alpha value is -1.62. The van der Waals surface area contributed by atoms with Crippen molar-refractivity contribution in [2.45, 2.75) is 26.3 Å². The smallest absolute Gasteiger partial charge is 0.307 e. The van der Waals surface area contributed by atoms with E-state index in [1.165, 1.54) is 13.2 Å². The van der Waals surface area contributed by atoms with Gasteiger partial charge in [0.15, 0.2) is 0 Å². The number of methoxy groups -OCH3 is 1. The lowest BCUT2D eigenvalue weighted by molar-refractivity contribution is -0.143. The minimum Gasteiger partial charge on any atom is -0.496 e. The van der Waals surface area contributed by atoms with Crippen LogP contribution in [0.5, 0.6) is 5.75 Å². The van der Waals surface area contributed by atoms with E-state index in [1.807, 2.05) is 6.92 Å². The summed E-state index contributed by atoms with van der Waals surface area (Å²) in [5, 5.41) is 3.08. The average Bonchev–Trinajstić information content (AvgIpc) is 2.38. The standard InChI is InChI=1S/C14H20FNO3/c1-4-19-13(17)8-9-16-10(2)14-11(15)6-5-7-12(14)18-3/h5-7,10,16H,4,8-9H2,1-3H3. The van der Waals surface area contributed by atoms with E-state index >= 15 is 0 Å². The highest BCUT2D eigenvalue weighted by atomic mass is 19.1. The molecule has 0 fully saturated rings. The third kappa shape index (κ3) is 4.52. The Morgan fingerprint density at radius 1 is 1.47 bits per heavy atom. The number of ether oxygens (including phenoxy) is 2. The molecule has 0 saturated heterocycles. The summed E-state index contributed by atoms with van der Waals surface area (Å²) in [5.41, 5.74) is 0.467. The monoisotopic (exact) mass is 269 g/mol. The number of halogens is 1. The number of rotatable bonds is 7. The first-order valence-corrected chi connectivity index (χ1v) is 6.31. The SMILES string of the molecule is CCOC(=O)CCNC(C)c1c(F)cccc1OC. The van der Waals surface area contributed by atoms with Gasteiger partial charge in [-0.25, -0.2) is 4.39 Å². The van der Waals surface area contributed by atoms with E-state index in [0.29, 0.717) is 24.5 Å². The Labute approximate surface area is 112 Å². The number of benzene rings is 1. The van der Waals surface area contributed by atoms with Crippen LogP contribution in [-0.4, -0.2) is 26.2 Å². The highest BCUT2D eigenvalue weighted by Gasteiger charge is 2.16. The summed E-state index contributed by atoms with van der Waals surface area (Å²) in [5.74, 6) is -0.0886. The van der Waals surface area contributed by atoms with Gasteiger partial charge in [-0.15, -0.1) is 0 Å². The Balaban J connectivity index is 2.58. The van der Waals surface area contributed by atoms with Gasteiger partial charge in [-0.2, -0.15) is 0 Å². The molecule has 0 heterocycles. The van der Waals surface area contributed by atoms with Crippen molar-refractivity contribution in [1.29, 1.82) is 0 Å². The van der Waals surface area contributed by atoms with Gasteiger partial charge in [0.25, 0.3) is 0 Å². The van der Waals surface area contributed by atoms with Gasteiger partial charge in [0.2, 0.25) is 0 Å². The Kier molecular flexibility index (Phi) is 6.29. The van der Waals surface area contributed by atoms with E-state index in [2.05, 4.69) is 5.32 Å². The van der Waals surface area contributed by atoms with Crippen LogP contribution >= 0.6 is 0 Å². The van der Waals surface area contributed by atoms with Crippen LogP contribution in [0.25, 0.3) is 0 Å². The van der Waals surface area contributed by atoms with Crippen LogP contribution in [0.2, 0.25) is 0 Å². The summed E-state index contributed by atoms with van der Waals surface area (Å²) in [6.45, 7) is 4.39. The Morgan fingerprint density at radius 2 is 2.21 bits per heavy atom. The molecule has 19 heavy (non-hydrogen) atoms. The zero-order valence-corrected chi connectivity index (χ0v) is 11.5. The number of nitrogens with one attached hydrogen (secondary N) is 1. The molecule has 4 nitrogen and oxygen atoms in total. The minimum atomic E-state index is -0.324. The van der Waals surface area contributed by atoms with Crippen LogP contribution < -0.4 is 10.1 Å². The molecule has 1 atom stereocenters.